The molecule has 0 heterocycles. The van der Waals surface area contributed by atoms with Gasteiger partial charge in [0.1, 0.15) is 0 Å². The number of amides is 1. The van der Waals surface area contributed by atoms with E-state index in [0.29, 0.717) is 23.2 Å². The molecule has 1 aromatic carbocycles. The lowest BCUT2D eigenvalue weighted by Gasteiger charge is -2.23. The molecule has 1 fully saturated rings. The summed E-state index contributed by atoms with van der Waals surface area (Å²) in [6, 6.07) is 5.91. The molecule has 3 nitrogen and oxygen atoms in total. The van der Waals surface area contributed by atoms with Crippen LogP contribution in [0.5, 0.6) is 0 Å². The Bertz CT molecular complexity index is 475. The van der Waals surface area contributed by atoms with E-state index in [1.807, 2.05) is 0 Å². The maximum atomic E-state index is 12.0. The minimum absolute atomic E-state index is 0.0535. The fourth-order valence-corrected chi connectivity index (χ4v) is 3.11. The van der Waals surface area contributed by atoms with Gasteiger partial charge in [0.2, 0.25) is 0 Å². The zero-order chi connectivity index (χ0) is 14.5. The highest BCUT2D eigenvalue weighted by molar-refractivity contribution is 9.10. The molecule has 0 bridgehead atoms. The first kappa shape index (κ1) is 15.8. The maximum Gasteiger partial charge on any atom is 0.251 e. The van der Waals surface area contributed by atoms with E-state index in [1.54, 1.807) is 18.2 Å². The fourth-order valence-electron chi connectivity index (χ4n) is 2.61. The molecule has 0 radical (unpaired) electrons. The molecule has 110 valence electrons. The molecular weight excluding hydrogens is 340 g/mol. The van der Waals surface area contributed by atoms with E-state index in [2.05, 4.69) is 33.2 Å². The molecule has 0 atom stereocenters. The van der Waals surface area contributed by atoms with Gasteiger partial charge in [-0.05, 0) is 54.0 Å². The zero-order valence-corrected chi connectivity index (χ0v) is 14.0. The van der Waals surface area contributed by atoms with Gasteiger partial charge in [-0.1, -0.05) is 24.4 Å². The lowest BCUT2D eigenvalue weighted by atomic mass is 10.2. The van der Waals surface area contributed by atoms with Crippen LogP contribution in [0.2, 0.25) is 5.02 Å². The van der Waals surface area contributed by atoms with E-state index in [4.69, 9.17) is 11.6 Å². The Morgan fingerprint density at radius 3 is 2.80 bits per heavy atom. The van der Waals surface area contributed by atoms with Gasteiger partial charge in [-0.15, -0.1) is 0 Å². The topological polar surface area (TPSA) is 32.3 Å². The summed E-state index contributed by atoms with van der Waals surface area (Å²) < 4.78 is 0.745. The number of nitrogens with one attached hydrogen (secondary N) is 1. The maximum absolute atomic E-state index is 12.0. The second kappa shape index (κ2) is 7.43. The number of likely N-dealkylation sites (N-methyl/N-ethyl adjacent to an activating group) is 1. The number of carbonyl (C=O) groups is 1. The molecule has 1 saturated carbocycles. The molecule has 1 amide bonds. The Labute approximate surface area is 133 Å². The van der Waals surface area contributed by atoms with Gasteiger partial charge in [-0.2, -0.15) is 0 Å². The number of hydrogen-bond donors (Lipinski definition) is 1. The van der Waals surface area contributed by atoms with E-state index in [0.717, 1.165) is 11.0 Å². The standard InChI is InChI=1S/C15H20BrClN2O/c1-19(12-4-2-3-5-12)9-8-18-15(20)11-6-7-14(17)13(16)10-11/h6-7,10,12H,2-5,8-9H2,1H3,(H,18,20). The number of halogens is 2. The molecule has 1 N–H and O–H groups in total. The summed E-state index contributed by atoms with van der Waals surface area (Å²) in [5, 5.41) is 3.57. The molecule has 0 aromatic heterocycles. The first-order valence-corrected chi connectivity index (χ1v) is 8.18. The first-order chi connectivity index (χ1) is 9.58. The minimum atomic E-state index is -0.0535. The summed E-state index contributed by atoms with van der Waals surface area (Å²) in [4.78, 5) is 14.4. The molecule has 0 aliphatic heterocycles. The Morgan fingerprint density at radius 1 is 1.45 bits per heavy atom. The van der Waals surface area contributed by atoms with E-state index < -0.39 is 0 Å². The number of hydrogen-bond acceptors (Lipinski definition) is 2. The summed E-state index contributed by atoms with van der Waals surface area (Å²) in [6.07, 6.45) is 5.24. The number of benzene rings is 1. The largest absolute Gasteiger partial charge is 0.351 e. The van der Waals surface area contributed by atoms with Gasteiger partial charge in [-0.3, -0.25) is 4.79 Å². The van der Waals surface area contributed by atoms with Crippen LogP contribution in [0.15, 0.2) is 22.7 Å². The van der Waals surface area contributed by atoms with Gasteiger partial charge >= 0.3 is 0 Å². The summed E-state index contributed by atoms with van der Waals surface area (Å²) in [6.45, 7) is 1.57. The van der Waals surface area contributed by atoms with Crippen LogP contribution in [0.3, 0.4) is 0 Å². The van der Waals surface area contributed by atoms with Crippen molar-refractivity contribution in [2.45, 2.75) is 31.7 Å². The molecule has 0 spiro atoms. The Morgan fingerprint density at radius 2 is 2.15 bits per heavy atom. The number of carbonyl (C=O) groups excluding carboxylic acids is 1. The van der Waals surface area contributed by atoms with Crippen LogP contribution in [0.25, 0.3) is 0 Å². The van der Waals surface area contributed by atoms with Crippen molar-refractivity contribution in [1.29, 1.82) is 0 Å². The zero-order valence-electron chi connectivity index (χ0n) is 11.7. The molecule has 1 aromatic rings. The molecule has 20 heavy (non-hydrogen) atoms. The average molecular weight is 360 g/mol. The van der Waals surface area contributed by atoms with Crippen molar-refractivity contribution in [3.05, 3.63) is 33.3 Å². The quantitative estimate of drug-likeness (QED) is 0.869. The lowest BCUT2D eigenvalue weighted by molar-refractivity contribution is 0.0947. The third-order valence-corrected chi connectivity index (χ3v) is 5.09. The SMILES string of the molecule is CN(CCNC(=O)c1ccc(Cl)c(Br)c1)C1CCCC1. The highest BCUT2D eigenvalue weighted by atomic mass is 79.9. The van der Waals surface area contributed by atoms with E-state index in [9.17, 15) is 4.79 Å². The van der Waals surface area contributed by atoms with Gasteiger partial charge in [0.15, 0.2) is 0 Å². The van der Waals surface area contributed by atoms with Crippen LogP contribution in [0, 0.1) is 0 Å². The Hall–Kier alpha value is -0.580. The lowest BCUT2D eigenvalue weighted by Crippen LogP contribution is -2.37. The predicted molar refractivity (Wildman–Crippen MR) is 86.4 cm³/mol. The van der Waals surface area contributed by atoms with E-state index >= 15 is 0 Å². The molecule has 1 aliphatic rings. The molecule has 2 rings (SSSR count). The summed E-state index contributed by atoms with van der Waals surface area (Å²) in [5.41, 5.74) is 0.629. The second-order valence-electron chi connectivity index (χ2n) is 5.30. The molecule has 1 aliphatic carbocycles. The predicted octanol–water partition coefficient (Wildman–Crippen LogP) is 3.71. The third kappa shape index (κ3) is 4.21. The Balaban J connectivity index is 1.78. The van der Waals surface area contributed by atoms with Crippen molar-refractivity contribution in [2.75, 3.05) is 20.1 Å². The summed E-state index contributed by atoms with van der Waals surface area (Å²) in [5.74, 6) is -0.0535. The molecule has 0 saturated heterocycles. The van der Waals surface area contributed by atoms with Gasteiger partial charge in [-0.25, -0.2) is 0 Å². The van der Waals surface area contributed by atoms with Crippen LogP contribution in [0.4, 0.5) is 0 Å². The van der Waals surface area contributed by atoms with Crippen molar-refractivity contribution >= 4 is 33.4 Å². The third-order valence-electron chi connectivity index (χ3n) is 3.88. The van der Waals surface area contributed by atoms with Crippen molar-refractivity contribution in [3.63, 3.8) is 0 Å². The van der Waals surface area contributed by atoms with Crippen LogP contribution in [-0.2, 0) is 0 Å². The summed E-state index contributed by atoms with van der Waals surface area (Å²) in [7, 11) is 2.14. The minimum Gasteiger partial charge on any atom is -0.351 e. The highest BCUT2D eigenvalue weighted by Crippen LogP contribution is 2.23. The second-order valence-corrected chi connectivity index (χ2v) is 6.57. The highest BCUT2D eigenvalue weighted by Gasteiger charge is 2.19. The van der Waals surface area contributed by atoms with Crippen molar-refractivity contribution in [1.82, 2.24) is 10.2 Å². The van der Waals surface area contributed by atoms with Crippen molar-refractivity contribution in [2.24, 2.45) is 0 Å². The van der Waals surface area contributed by atoms with Gasteiger partial charge in [0.25, 0.3) is 5.91 Å². The normalized spacial score (nSPS) is 15.8. The van der Waals surface area contributed by atoms with Gasteiger partial charge in [0.05, 0.1) is 5.02 Å². The fraction of sp³-hybridized carbons (Fsp3) is 0.533. The smallest absolute Gasteiger partial charge is 0.251 e. The number of nitrogens with zero attached hydrogens (tertiary/aromatic N) is 1. The summed E-state index contributed by atoms with van der Waals surface area (Å²) >= 11 is 9.25. The van der Waals surface area contributed by atoms with Crippen molar-refractivity contribution < 1.29 is 4.79 Å². The molecule has 0 unspecified atom stereocenters. The van der Waals surface area contributed by atoms with Crippen LogP contribution < -0.4 is 5.32 Å². The Kier molecular flexibility index (Phi) is 5.87. The van der Waals surface area contributed by atoms with Crippen molar-refractivity contribution in [3.8, 4) is 0 Å². The average Bonchev–Trinajstić information content (AvgIpc) is 2.95. The van der Waals surface area contributed by atoms with Gasteiger partial charge < -0.3 is 10.2 Å². The van der Waals surface area contributed by atoms with E-state index in [1.165, 1.54) is 25.7 Å². The van der Waals surface area contributed by atoms with Crippen LogP contribution in [0.1, 0.15) is 36.0 Å². The van der Waals surface area contributed by atoms with Crippen LogP contribution >= 0.6 is 27.5 Å². The molecular formula is C15H20BrClN2O. The van der Waals surface area contributed by atoms with Crippen LogP contribution in [-0.4, -0.2) is 37.0 Å². The first-order valence-electron chi connectivity index (χ1n) is 7.01. The number of rotatable bonds is 5. The molecule has 5 heteroatoms. The van der Waals surface area contributed by atoms with Gasteiger partial charge in [0, 0.05) is 29.2 Å². The monoisotopic (exact) mass is 358 g/mol. The van der Waals surface area contributed by atoms with E-state index in [-0.39, 0.29) is 5.91 Å².